The quantitative estimate of drug-likeness (QED) is 0.575. The number of carbonyl (C=O) groups excluding carboxylic acids is 1. The van der Waals surface area contributed by atoms with Gasteiger partial charge in [0.2, 0.25) is 0 Å². The van der Waals surface area contributed by atoms with Crippen LogP contribution in [0.25, 0.3) is 0 Å². The first-order valence-electron chi connectivity index (χ1n) is 5.62. The van der Waals surface area contributed by atoms with E-state index in [9.17, 15) is 4.79 Å². The van der Waals surface area contributed by atoms with E-state index in [0.29, 0.717) is 11.5 Å². The van der Waals surface area contributed by atoms with Crippen LogP contribution in [0.4, 0.5) is 0 Å². The Morgan fingerprint density at radius 2 is 2.00 bits per heavy atom. The Morgan fingerprint density at radius 1 is 1.40 bits per heavy atom. The maximum atomic E-state index is 11.5. The third-order valence-corrected chi connectivity index (χ3v) is 3.08. The molecule has 0 spiro atoms. The molecule has 0 unspecified atom stereocenters. The molecule has 0 aromatic rings. The molecule has 1 aliphatic rings. The van der Waals surface area contributed by atoms with E-state index in [1.807, 2.05) is 6.92 Å². The summed E-state index contributed by atoms with van der Waals surface area (Å²) >= 11 is 0. The van der Waals surface area contributed by atoms with Crippen molar-refractivity contribution < 1.29 is 14.6 Å². The number of hydrogen-bond acceptors (Lipinski definition) is 3. The Labute approximate surface area is 91.1 Å². The van der Waals surface area contributed by atoms with Gasteiger partial charge in [-0.1, -0.05) is 6.08 Å². The Hall–Kier alpha value is -0.830. The van der Waals surface area contributed by atoms with Crippen LogP contribution in [-0.4, -0.2) is 23.8 Å². The molecule has 0 bridgehead atoms. The summed E-state index contributed by atoms with van der Waals surface area (Å²) in [5.74, 6) is 0.202. The molecule has 0 amide bonds. The van der Waals surface area contributed by atoms with Crippen molar-refractivity contribution in [2.75, 3.05) is 6.61 Å². The molecular formula is C12H20O3. The average Bonchev–Trinajstić information content (AvgIpc) is 2.29. The lowest BCUT2D eigenvalue weighted by Gasteiger charge is -2.27. The summed E-state index contributed by atoms with van der Waals surface area (Å²) in [4.78, 5) is 11.5. The van der Waals surface area contributed by atoms with Gasteiger partial charge in [0.25, 0.3) is 0 Å². The van der Waals surface area contributed by atoms with Crippen molar-refractivity contribution >= 4 is 5.97 Å². The summed E-state index contributed by atoms with van der Waals surface area (Å²) in [5.41, 5.74) is 0.666. The number of aliphatic hydroxyl groups excluding tert-OH is 1. The molecule has 0 heterocycles. The van der Waals surface area contributed by atoms with Crippen LogP contribution in [-0.2, 0) is 9.53 Å². The van der Waals surface area contributed by atoms with Gasteiger partial charge in [-0.25, -0.2) is 4.79 Å². The van der Waals surface area contributed by atoms with E-state index in [0.717, 1.165) is 25.7 Å². The molecule has 0 atom stereocenters. The van der Waals surface area contributed by atoms with Crippen LogP contribution in [0.1, 0.15) is 39.5 Å². The maximum Gasteiger partial charge on any atom is 0.333 e. The molecule has 1 N–H and O–H groups in total. The lowest BCUT2D eigenvalue weighted by molar-refractivity contribution is -0.146. The smallest absolute Gasteiger partial charge is 0.333 e. The molecule has 0 saturated heterocycles. The minimum Gasteiger partial charge on any atom is -0.459 e. The van der Waals surface area contributed by atoms with Crippen LogP contribution in [0.15, 0.2) is 11.6 Å². The molecule has 0 aliphatic heterocycles. The number of ether oxygens (including phenoxy) is 1. The van der Waals surface area contributed by atoms with E-state index in [2.05, 4.69) is 0 Å². The molecule has 86 valence electrons. The first-order chi connectivity index (χ1) is 7.17. The third-order valence-electron chi connectivity index (χ3n) is 3.08. The molecule has 1 aliphatic carbocycles. The van der Waals surface area contributed by atoms with Gasteiger partial charge in [0.1, 0.15) is 6.10 Å². The summed E-state index contributed by atoms with van der Waals surface area (Å²) in [6.45, 7) is 3.86. The standard InChI is InChI=1S/C12H20O3/c1-3-9(2)12(14)15-11-6-4-10(8-13)5-7-11/h3,10-11,13H,4-8H2,1-2H3/b9-3+. The van der Waals surface area contributed by atoms with E-state index in [1.165, 1.54) is 0 Å². The molecular weight excluding hydrogens is 192 g/mol. The number of rotatable bonds is 3. The van der Waals surface area contributed by atoms with Gasteiger partial charge in [0, 0.05) is 12.2 Å². The summed E-state index contributed by atoms with van der Waals surface area (Å²) in [6.07, 6.45) is 5.51. The van der Waals surface area contributed by atoms with E-state index >= 15 is 0 Å². The predicted molar refractivity (Wildman–Crippen MR) is 58.4 cm³/mol. The molecule has 1 saturated carbocycles. The maximum absolute atomic E-state index is 11.5. The number of aliphatic hydroxyl groups is 1. The topological polar surface area (TPSA) is 46.5 Å². The van der Waals surface area contributed by atoms with Crippen LogP contribution in [0.2, 0.25) is 0 Å². The summed E-state index contributed by atoms with van der Waals surface area (Å²) < 4.78 is 5.35. The van der Waals surface area contributed by atoms with Crippen molar-refractivity contribution in [3.05, 3.63) is 11.6 Å². The van der Waals surface area contributed by atoms with Gasteiger partial charge < -0.3 is 9.84 Å². The monoisotopic (exact) mass is 212 g/mol. The van der Waals surface area contributed by atoms with Crippen LogP contribution < -0.4 is 0 Å². The van der Waals surface area contributed by atoms with Crippen molar-refractivity contribution in [3.8, 4) is 0 Å². The number of esters is 1. The normalized spacial score (nSPS) is 27.5. The van der Waals surface area contributed by atoms with Crippen LogP contribution in [0.3, 0.4) is 0 Å². The fraction of sp³-hybridized carbons (Fsp3) is 0.750. The zero-order valence-corrected chi connectivity index (χ0v) is 9.53. The molecule has 15 heavy (non-hydrogen) atoms. The highest BCUT2D eigenvalue weighted by Crippen LogP contribution is 2.26. The molecule has 1 fully saturated rings. The zero-order chi connectivity index (χ0) is 11.3. The Balaban J connectivity index is 2.33. The second kappa shape index (κ2) is 5.91. The summed E-state index contributed by atoms with van der Waals surface area (Å²) in [6, 6.07) is 0. The molecule has 0 radical (unpaired) electrons. The molecule has 0 aromatic carbocycles. The first-order valence-corrected chi connectivity index (χ1v) is 5.62. The zero-order valence-electron chi connectivity index (χ0n) is 9.53. The van der Waals surface area contributed by atoms with Gasteiger partial charge in [-0.3, -0.25) is 0 Å². The highest BCUT2D eigenvalue weighted by Gasteiger charge is 2.23. The Morgan fingerprint density at radius 3 is 2.47 bits per heavy atom. The minimum absolute atomic E-state index is 0.0511. The summed E-state index contributed by atoms with van der Waals surface area (Å²) in [5, 5.41) is 8.97. The van der Waals surface area contributed by atoms with Crippen molar-refractivity contribution in [1.29, 1.82) is 0 Å². The lowest BCUT2D eigenvalue weighted by Crippen LogP contribution is -2.26. The molecule has 3 nitrogen and oxygen atoms in total. The third kappa shape index (κ3) is 3.67. The number of allylic oxidation sites excluding steroid dienone is 1. The van der Waals surface area contributed by atoms with Crippen molar-refractivity contribution in [2.24, 2.45) is 5.92 Å². The molecule has 3 heteroatoms. The largest absolute Gasteiger partial charge is 0.459 e. The Bertz CT molecular complexity index is 237. The van der Waals surface area contributed by atoms with Crippen LogP contribution in [0, 0.1) is 5.92 Å². The van der Waals surface area contributed by atoms with Crippen LogP contribution >= 0.6 is 0 Å². The second-order valence-electron chi connectivity index (χ2n) is 4.20. The van der Waals surface area contributed by atoms with Crippen LogP contribution in [0.5, 0.6) is 0 Å². The number of hydrogen-bond donors (Lipinski definition) is 1. The lowest BCUT2D eigenvalue weighted by atomic mass is 9.88. The minimum atomic E-state index is -0.204. The molecule has 1 rings (SSSR count). The van der Waals surface area contributed by atoms with Crippen molar-refractivity contribution in [3.63, 3.8) is 0 Å². The average molecular weight is 212 g/mol. The van der Waals surface area contributed by atoms with E-state index in [4.69, 9.17) is 9.84 Å². The second-order valence-corrected chi connectivity index (χ2v) is 4.20. The van der Waals surface area contributed by atoms with E-state index in [1.54, 1.807) is 13.0 Å². The van der Waals surface area contributed by atoms with Gasteiger partial charge >= 0.3 is 5.97 Å². The fourth-order valence-corrected chi connectivity index (χ4v) is 1.79. The number of carbonyl (C=O) groups is 1. The highest BCUT2D eigenvalue weighted by molar-refractivity contribution is 5.87. The molecule has 0 aromatic heterocycles. The van der Waals surface area contributed by atoms with Gasteiger partial charge in [-0.05, 0) is 45.4 Å². The highest BCUT2D eigenvalue weighted by atomic mass is 16.5. The van der Waals surface area contributed by atoms with E-state index < -0.39 is 0 Å². The van der Waals surface area contributed by atoms with Gasteiger partial charge in [0.05, 0.1) is 0 Å². The summed E-state index contributed by atoms with van der Waals surface area (Å²) in [7, 11) is 0. The van der Waals surface area contributed by atoms with Crippen molar-refractivity contribution in [1.82, 2.24) is 0 Å². The Kier molecular flexibility index (Phi) is 4.82. The predicted octanol–water partition coefficient (Wildman–Crippen LogP) is 2.05. The van der Waals surface area contributed by atoms with Crippen molar-refractivity contribution in [2.45, 2.75) is 45.6 Å². The fourth-order valence-electron chi connectivity index (χ4n) is 1.79. The van der Waals surface area contributed by atoms with Gasteiger partial charge in [-0.2, -0.15) is 0 Å². The van der Waals surface area contributed by atoms with Gasteiger partial charge in [0.15, 0.2) is 0 Å². The van der Waals surface area contributed by atoms with E-state index in [-0.39, 0.29) is 18.7 Å². The first kappa shape index (κ1) is 12.2. The van der Waals surface area contributed by atoms with Gasteiger partial charge in [-0.15, -0.1) is 0 Å². The SMILES string of the molecule is C/C=C(\C)C(=O)OC1CCC(CO)CC1.